The lowest BCUT2D eigenvalue weighted by Crippen LogP contribution is -2.48. The number of rotatable bonds is 4. The van der Waals surface area contributed by atoms with Crippen LogP contribution in [0, 0.1) is 11.7 Å². The quantitative estimate of drug-likeness (QED) is 0.877. The molecule has 114 valence electrons. The Morgan fingerprint density at radius 2 is 2.14 bits per heavy atom. The van der Waals surface area contributed by atoms with Gasteiger partial charge in [-0.3, -0.25) is 4.79 Å². The summed E-state index contributed by atoms with van der Waals surface area (Å²) in [6.45, 7) is 1.34. The Labute approximate surface area is 123 Å². The zero-order valence-electron chi connectivity index (χ0n) is 11.8. The molecule has 0 spiro atoms. The molecule has 5 nitrogen and oxygen atoms in total. The molecule has 21 heavy (non-hydrogen) atoms. The first-order chi connectivity index (χ1) is 10.1. The van der Waals surface area contributed by atoms with E-state index in [0.29, 0.717) is 31.6 Å². The maximum atomic E-state index is 13.4. The second-order valence-corrected chi connectivity index (χ2v) is 5.26. The molecule has 0 aliphatic carbocycles. The number of piperidine rings is 1. The number of urea groups is 1. The van der Waals surface area contributed by atoms with Gasteiger partial charge in [-0.15, -0.1) is 0 Å². The molecule has 1 unspecified atom stereocenters. The monoisotopic (exact) mass is 293 g/mol. The molecule has 0 bridgehead atoms. The molecule has 1 aromatic carbocycles. The van der Waals surface area contributed by atoms with Crippen molar-refractivity contribution in [2.75, 3.05) is 19.6 Å². The third kappa shape index (κ3) is 4.18. The minimum absolute atomic E-state index is 0.225. The predicted molar refractivity (Wildman–Crippen MR) is 77.0 cm³/mol. The van der Waals surface area contributed by atoms with Gasteiger partial charge < -0.3 is 16.0 Å². The van der Waals surface area contributed by atoms with Crippen LogP contribution in [0.25, 0.3) is 0 Å². The van der Waals surface area contributed by atoms with Crippen LogP contribution >= 0.6 is 0 Å². The van der Waals surface area contributed by atoms with Crippen molar-refractivity contribution in [1.82, 2.24) is 10.2 Å². The van der Waals surface area contributed by atoms with Gasteiger partial charge in [-0.05, 0) is 30.9 Å². The second kappa shape index (κ2) is 7.06. The number of benzene rings is 1. The van der Waals surface area contributed by atoms with Crippen molar-refractivity contribution >= 4 is 11.9 Å². The molecule has 6 heteroatoms. The normalized spacial score (nSPS) is 18.3. The van der Waals surface area contributed by atoms with Gasteiger partial charge in [0.05, 0.1) is 5.92 Å². The van der Waals surface area contributed by atoms with Gasteiger partial charge in [0.25, 0.3) is 0 Å². The Morgan fingerprint density at radius 3 is 2.86 bits per heavy atom. The summed E-state index contributed by atoms with van der Waals surface area (Å²) >= 11 is 0. The van der Waals surface area contributed by atoms with Crippen LogP contribution in [-0.2, 0) is 11.2 Å². The third-order valence-electron chi connectivity index (χ3n) is 3.74. The van der Waals surface area contributed by atoms with Crippen molar-refractivity contribution < 1.29 is 14.0 Å². The van der Waals surface area contributed by atoms with E-state index in [-0.39, 0.29) is 23.7 Å². The first-order valence-corrected chi connectivity index (χ1v) is 7.13. The summed E-state index contributed by atoms with van der Waals surface area (Å²) in [6, 6.07) is 6.28. The third-order valence-corrected chi connectivity index (χ3v) is 3.74. The van der Waals surface area contributed by atoms with Crippen LogP contribution in [0.2, 0.25) is 0 Å². The van der Waals surface area contributed by atoms with Gasteiger partial charge in [-0.2, -0.15) is 0 Å². The molecule has 1 heterocycles. The minimum Gasteiger partial charge on any atom is -0.369 e. The Balaban J connectivity index is 1.79. The Kier molecular flexibility index (Phi) is 5.14. The van der Waals surface area contributed by atoms with Crippen LogP contribution in [0.4, 0.5) is 9.18 Å². The van der Waals surface area contributed by atoms with Crippen LogP contribution in [0.15, 0.2) is 24.3 Å². The Bertz CT molecular complexity index is 521. The number of hydrogen-bond acceptors (Lipinski definition) is 2. The topological polar surface area (TPSA) is 75.4 Å². The molecule has 1 aromatic rings. The number of hydrogen-bond donors (Lipinski definition) is 2. The smallest absolute Gasteiger partial charge is 0.317 e. The van der Waals surface area contributed by atoms with Crippen LogP contribution in [0.1, 0.15) is 18.4 Å². The summed E-state index contributed by atoms with van der Waals surface area (Å²) < 4.78 is 13.4. The van der Waals surface area contributed by atoms with Gasteiger partial charge in [0.15, 0.2) is 0 Å². The maximum Gasteiger partial charge on any atom is 0.317 e. The molecule has 0 aromatic heterocycles. The molecule has 1 saturated heterocycles. The largest absolute Gasteiger partial charge is 0.369 e. The summed E-state index contributed by atoms with van der Waals surface area (Å²) in [6.07, 6.45) is 1.94. The van der Waals surface area contributed by atoms with Crippen LogP contribution in [0.3, 0.4) is 0 Å². The number of primary amides is 1. The standard InChI is InChI=1S/C15H20FN3O2/c16-13-6-2-1-4-11(13)7-8-18-15(21)19-9-3-5-12(10-19)14(17)20/h1-2,4,6,12H,3,5,7-10H2,(H2,17,20)(H,18,21). The number of nitrogens with zero attached hydrogens (tertiary/aromatic N) is 1. The van der Waals surface area contributed by atoms with Crippen molar-refractivity contribution in [3.05, 3.63) is 35.6 Å². The zero-order chi connectivity index (χ0) is 15.2. The van der Waals surface area contributed by atoms with Crippen molar-refractivity contribution in [2.24, 2.45) is 11.7 Å². The van der Waals surface area contributed by atoms with E-state index in [9.17, 15) is 14.0 Å². The summed E-state index contributed by atoms with van der Waals surface area (Å²) in [5.41, 5.74) is 5.86. The molecule has 2 rings (SSSR count). The van der Waals surface area contributed by atoms with Gasteiger partial charge >= 0.3 is 6.03 Å². The molecular formula is C15H20FN3O2. The average Bonchev–Trinajstić information content (AvgIpc) is 2.49. The fraction of sp³-hybridized carbons (Fsp3) is 0.467. The molecule has 1 fully saturated rings. The van der Waals surface area contributed by atoms with Gasteiger partial charge in [0, 0.05) is 19.6 Å². The van der Waals surface area contributed by atoms with Gasteiger partial charge in [-0.1, -0.05) is 18.2 Å². The molecule has 0 radical (unpaired) electrons. The van der Waals surface area contributed by atoms with Crippen molar-refractivity contribution in [3.63, 3.8) is 0 Å². The van der Waals surface area contributed by atoms with Crippen molar-refractivity contribution in [2.45, 2.75) is 19.3 Å². The van der Waals surface area contributed by atoms with E-state index in [4.69, 9.17) is 5.73 Å². The van der Waals surface area contributed by atoms with E-state index in [1.54, 1.807) is 23.1 Å². The number of amides is 3. The van der Waals surface area contributed by atoms with E-state index in [1.165, 1.54) is 6.07 Å². The van der Waals surface area contributed by atoms with E-state index in [2.05, 4.69) is 5.32 Å². The number of nitrogens with one attached hydrogen (secondary N) is 1. The highest BCUT2D eigenvalue weighted by atomic mass is 19.1. The van der Waals surface area contributed by atoms with Gasteiger partial charge in [0.1, 0.15) is 5.82 Å². The highest BCUT2D eigenvalue weighted by molar-refractivity contribution is 5.79. The first kappa shape index (κ1) is 15.3. The Hall–Kier alpha value is -2.11. The summed E-state index contributed by atoms with van der Waals surface area (Å²) in [5, 5.41) is 2.76. The van der Waals surface area contributed by atoms with E-state index >= 15 is 0 Å². The summed E-state index contributed by atoms with van der Waals surface area (Å²) in [7, 11) is 0. The summed E-state index contributed by atoms with van der Waals surface area (Å²) in [4.78, 5) is 24.8. The van der Waals surface area contributed by atoms with E-state index in [0.717, 1.165) is 12.8 Å². The molecule has 1 aliphatic rings. The van der Waals surface area contributed by atoms with Crippen molar-refractivity contribution in [3.8, 4) is 0 Å². The fourth-order valence-corrected chi connectivity index (χ4v) is 2.51. The molecular weight excluding hydrogens is 273 g/mol. The Morgan fingerprint density at radius 1 is 1.38 bits per heavy atom. The van der Waals surface area contributed by atoms with Gasteiger partial charge in [-0.25, -0.2) is 9.18 Å². The van der Waals surface area contributed by atoms with Gasteiger partial charge in [0.2, 0.25) is 5.91 Å². The number of carbonyl (C=O) groups is 2. The van der Waals surface area contributed by atoms with Crippen LogP contribution < -0.4 is 11.1 Å². The van der Waals surface area contributed by atoms with Crippen molar-refractivity contribution in [1.29, 1.82) is 0 Å². The maximum absolute atomic E-state index is 13.4. The molecule has 3 amide bonds. The lowest BCUT2D eigenvalue weighted by molar-refractivity contribution is -0.123. The average molecular weight is 293 g/mol. The highest BCUT2D eigenvalue weighted by Gasteiger charge is 2.26. The number of halogens is 1. The lowest BCUT2D eigenvalue weighted by atomic mass is 9.98. The number of likely N-dealkylation sites (tertiary alicyclic amines) is 1. The fourth-order valence-electron chi connectivity index (χ4n) is 2.51. The van der Waals surface area contributed by atoms with E-state index < -0.39 is 0 Å². The first-order valence-electron chi connectivity index (χ1n) is 7.13. The number of carbonyl (C=O) groups excluding carboxylic acids is 2. The molecule has 0 saturated carbocycles. The minimum atomic E-state index is -0.362. The lowest BCUT2D eigenvalue weighted by Gasteiger charge is -2.31. The number of nitrogens with two attached hydrogens (primary N) is 1. The SMILES string of the molecule is NC(=O)C1CCCN(C(=O)NCCc2ccccc2F)C1. The van der Waals surface area contributed by atoms with E-state index in [1.807, 2.05) is 0 Å². The molecule has 1 atom stereocenters. The zero-order valence-corrected chi connectivity index (χ0v) is 11.8. The van der Waals surface area contributed by atoms with Crippen LogP contribution in [0.5, 0.6) is 0 Å². The second-order valence-electron chi connectivity index (χ2n) is 5.26. The molecule has 3 N–H and O–H groups in total. The van der Waals surface area contributed by atoms with Crippen LogP contribution in [-0.4, -0.2) is 36.5 Å². The molecule has 1 aliphatic heterocycles. The summed E-state index contributed by atoms with van der Waals surface area (Å²) in [5.74, 6) is -0.895. The predicted octanol–water partition coefficient (Wildman–Crippen LogP) is 1.28. The highest BCUT2D eigenvalue weighted by Crippen LogP contribution is 2.15.